The van der Waals surface area contributed by atoms with Crippen molar-refractivity contribution in [2.24, 2.45) is 0 Å². The molecule has 1 N–H and O–H groups in total. The maximum atomic E-state index is 11.0. The van der Waals surface area contributed by atoms with Crippen molar-refractivity contribution in [2.75, 3.05) is 13.1 Å². The molecule has 1 fully saturated rings. The van der Waals surface area contributed by atoms with Crippen molar-refractivity contribution >= 4 is 17.5 Å². The van der Waals surface area contributed by atoms with E-state index in [2.05, 4.69) is 0 Å². The summed E-state index contributed by atoms with van der Waals surface area (Å²) < 4.78 is 0. The minimum absolute atomic E-state index is 0.0908. The van der Waals surface area contributed by atoms with Crippen LogP contribution in [0.15, 0.2) is 0 Å². The van der Waals surface area contributed by atoms with Gasteiger partial charge in [0.05, 0.1) is 6.10 Å². The molecular formula is C6H10ClNO2. The molecule has 0 aromatic heterocycles. The van der Waals surface area contributed by atoms with Gasteiger partial charge < -0.3 is 10.0 Å². The fraction of sp³-hybridized carbons (Fsp3) is 0.833. The van der Waals surface area contributed by atoms with E-state index < -0.39 is 5.38 Å². The summed E-state index contributed by atoms with van der Waals surface area (Å²) in [7, 11) is 0. The van der Waals surface area contributed by atoms with Crippen LogP contribution < -0.4 is 0 Å². The van der Waals surface area contributed by atoms with Crippen molar-refractivity contribution in [2.45, 2.75) is 18.4 Å². The Labute approximate surface area is 64.6 Å². The van der Waals surface area contributed by atoms with Gasteiger partial charge in [0.1, 0.15) is 5.38 Å². The second-order valence-corrected chi connectivity index (χ2v) is 3.17. The molecule has 4 heteroatoms. The molecular weight excluding hydrogens is 154 g/mol. The van der Waals surface area contributed by atoms with Crippen molar-refractivity contribution in [1.29, 1.82) is 0 Å². The van der Waals surface area contributed by atoms with Crippen LogP contribution in [0.3, 0.4) is 0 Å². The Morgan fingerprint density at radius 1 is 1.80 bits per heavy atom. The van der Waals surface area contributed by atoms with E-state index in [0.29, 0.717) is 13.1 Å². The van der Waals surface area contributed by atoms with Crippen LogP contribution >= 0.6 is 11.6 Å². The summed E-state index contributed by atoms with van der Waals surface area (Å²) in [6.45, 7) is 2.51. The topological polar surface area (TPSA) is 40.5 Å². The molecule has 58 valence electrons. The number of likely N-dealkylation sites (tertiary alicyclic amines) is 1. The lowest BCUT2D eigenvalue weighted by molar-refractivity contribution is -0.140. The highest BCUT2D eigenvalue weighted by atomic mass is 35.5. The van der Waals surface area contributed by atoms with Gasteiger partial charge in [0.2, 0.25) is 5.91 Å². The average Bonchev–Trinajstić information content (AvgIpc) is 1.79. The second kappa shape index (κ2) is 2.76. The summed E-state index contributed by atoms with van der Waals surface area (Å²) >= 11 is 5.51. The first kappa shape index (κ1) is 7.82. The van der Waals surface area contributed by atoms with Gasteiger partial charge in [-0.2, -0.15) is 0 Å². The van der Waals surface area contributed by atoms with Gasteiger partial charge in [-0.25, -0.2) is 0 Å². The number of carbonyl (C=O) groups is 1. The van der Waals surface area contributed by atoms with Crippen LogP contribution in [0.5, 0.6) is 0 Å². The van der Waals surface area contributed by atoms with Gasteiger partial charge in [-0.05, 0) is 6.92 Å². The third-order valence-electron chi connectivity index (χ3n) is 1.51. The number of alkyl halides is 1. The highest BCUT2D eigenvalue weighted by Gasteiger charge is 2.30. The molecule has 0 spiro atoms. The predicted octanol–water partition coefficient (Wildman–Crippen LogP) is -0.183. The Morgan fingerprint density at radius 2 is 2.30 bits per heavy atom. The Bertz CT molecular complexity index is 143. The number of rotatable bonds is 1. The van der Waals surface area contributed by atoms with E-state index in [1.807, 2.05) is 0 Å². The number of carbonyl (C=O) groups excluding carboxylic acids is 1. The lowest BCUT2D eigenvalue weighted by Crippen LogP contribution is -2.55. The first-order chi connectivity index (χ1) is 4.61. The number of aliphatic hydroxyl groups excluding tert-OH is 1. The van der Waals surface area contributed by atoms with Crippen LogP contribution in [-0.4, -0.2) is 40.5 Å². The van der Waals surface area contributed by atoms with E-state index in [0.717, 1.165) is 0 Å². The molecule has 0 aromatic carbocycles. The van der Waals surface area contributed by atoms with Crippen LogP contribution in [-0.2, 0) is 4.79 Å². The van der Waals surface area contributed by atoms with Gasteiger partial charge in [-0.1, -0.05) is 0 Å². The summed E-state index contributed by atoms with van der Waals surface area (Å²) in [5, 5.41) is 8.35. The highest BCUT2D eigenvalue weighted by Crippen LogP contribution is 2.11. The fourth-order valence-corrected chi connectivity index (χ4v) is 1.02. The normalized spacial score (nSPS) is 22.1. The lowest BCUT2D eigenvalue weighted by atomic mass is 10.1. The molecule has 3 nitrogen and oxygen atoms in total. The van der Waals surface area contributed by atoms with Gasteiger partial charge >= 0.3 is 0 Å². The maximum absolute atomic E-state index is 11.0. The van der Waals surface area contributed by atoms with Crippen LogP contribution in [0.1, 0.15) is 6.92 Å². The number of aliphatic hydroxyl groups is 1. The Balaban J connectivity index is 2.31. The van der Waals surface area contributed by atoms with Crippen molar-refractivity contribution in [3.63, 3.8) is 0 Å². The molecule has 0 bridgehead atoms. The monoisotopic (exact) mass is 163 g/mol. The number of hydrogen-bond acceptors (Lipinski definition) is 2. The molecule has 0 radical (unpaired) electrons. The standard InChI is InChI=1S/C6H10ClNO2/c1-4(7)6(10)8-2-5(9)3-8/h4-5,9H,2-3H2,1H3/t4-/m1/s1. The van der Waals surface area contributed by atoms with E-state index in [9.17, 15) is 4.79 Å². The quantitative estimate of drug-likeness (QED) is 0.545. The molecule has 0 unspecified atom stereocenters. The van der Waals surface area contributed by atoms with Gasteiger partial charge in [-0.15, -0.1) is 11.6 Å². The van der Waals surface area contributed by atoms with Crippen molar-refractivity contribution in [3.8, 4) is 0 Å². The zero-order chi connectivity index (χ0) is 7.72. The first-order valence-corrected chi connectivity index (χ1v) is 3.66. The minimum atomic E-state index is -0.465. The molecule has 1 heterocycles. The van der Waals surface area contributed by atoms with E-state index in [4.69, 9.17) is 16.7 Å². The maximum Gasteiger partial charge on any atom is 0.240 e. The SMILES string of the molecule is C[C@@H](Cl)C(=O)N1CC(O)C1. The smallest absolute Gasteiger partial charge is 0.240 e. The zero-order valence-electron chi connectivity index (χ0n) is 5.75. The number of nitrogens with zero attached hydrogens (tertiary/aromatic N) is 1. The molecule has 1 atom stereocenters. The molecule has 1 rings (SSSR count). The summed E-state index contributed by atoms with van der Waals surface area (Å²) in [4.78, 5) is 12.5. The molecule has 10 heavy (non-hydrogen) atoms. The number of β-amino-alcohol motifs (C(OH)–C–C–N with tert-alkyl or cyclic N) is 1. The number of amides is 1. The molecule has 0 aliphatic carbocycles. The van der Waals surface area contributed by atoms with Crippen LogP contribution in [0.4, 0.5) is 0 Å². The van der Waals surface area contributed by atoms with Crippen LogP contribution in [0.2, 0.25) is 0 Å². The second-order valence-electron chi connectivity index (χ2n) is 2.51. The van der Waals surface area contributed by atoms with E-state index in [1.54, 1.807) is 11.8 Å². The van der Waals surface area contributed by atoms with Gasteiger partial charge in [0.15, 0.2) is 0 Å². The summed E-state index contributed by atoms with van der Waals surface area (Å²) in [5.74, 6) is -0.0908. The van der Waals surface area contributed by atoms with E-state index >= 15 is 0 Å². The van der Waals surface area contributed by atoms with Gasteiger partial charge in [0.25, 0.3) is 0 Å². The van der Waals surface area contributed by atoms with Crippen LogP contribution in [0, 0.1) is 0 Å². The molecule has 0 aromatic rings. The average molecular weight is 164 g/mol. The zero-order valence-corrected chi connectivity index (χ0v) is 6.51. The van der Waals surface area contributed by atoms with Crippen molar-refractivity contribution < 1.29 is 9.90 Å². The van der Waals surface area contributed by atoms with Crippen LogP contribution in [0.25, 0.3) is 0 Å². The Kier molecular flexibility index (Phi) is 2.16. The Morgan fingerprint density at radius 3 is 2.60 bits per heavy atom. The summed E-state index contributed by atoms with van der Waals surface area (Å²) in [5.41, 5.74) is 0. The van der Waals surface area contributed by atoms with E-state index in [-0.39, 0.29) is 12.0 Å². The largest absolute Gasteiger partial charge is 0.389 e. The number of halogens is 1. The van der Waals surface area contributed by atoms with Gasteiger partial charge in [-0.3, -0.25) is 4.79 Å². The van der Waals surface area contributed by atoms with Crippen molar-refractivity contribution in [3.05, 3.63) is 0 Å². The fourth-order valence-electron chi connectivity index (χ4n) is 0.887. The summed E-state index contributed by atoms with van der Waals surface area (Å²) in [6, 6.07) is 0. The molecule has 1 saturated heterocycles. The molecule has 1 aliphatic rings. The highest BCUT2D eigenvalue weighted by molar-refractivity contribution is 6.30. The molecule has 1 aliphatic heterocycles. The Hall–Kier alpha value is -0.280. The first-order valence-electron chi connectivity index (χ1n) is 3.22. The van der Waals surface area contributed by atoms with Crippen molar-refractivity contribution in [1.82, 2.24) is 4.90 Å². The third kappa shape index (κ3) is 1.41. The van der Waals surface area contributed by atoms with E-state index in [1.165, 1.54) is 0 Å². The number of hydrogen-bond donors (Lipinski definition) is 1. The summed E-state index contributed by atoms with van der Waals surface area (Å²) in [6.07, 6.45) is -0.334. The molecule has 0 saturated carbocycles. The third-order valence-corrected chi connectivity index (χ3v) is 1.70. The minimum Gasteiger partial charge on any atom is -0.389 e. The molecule has 1 amide bonds. The predicted molar refractivity (Wildman–Crippen MR) is 37.9 cm³/mol. The lowest BCUT2D eigenvalue weighted by Gasteiger charge is -2.36. The van der Waals surface area contributed by atoms with Gasteiger partial charge in [0, 0.05) is 13.1 Å².